The number of rotatable bonds is 1. The third-order valence-corrected chi connectivity index (χ3v) is 7.08. The van der Waals surface area contributed by atoms with E-state index in [1.165, 1.54) is 11.1 Å². The number of halogens is 1. The second kappa shape index (κ2) is 7.77. The van der Waals surface area contributed by atoms with Crippen LogP contribution in [0.2, 0.25) is 5.02 Å². The number of fused-ring (bicyclic) bond motifs is 6. The second-order valence-electron chi connectivity index (χ2n) is 10.4. The monoisotopic (exact) mass is 477 g/mol. The molecule has 3 aliphatic rings. The van der Waals surface area contributed by atoms with Crippen LogP contribution in [0.1, 0.15) is 62.3 Å². The van der Waals surface area contributed by atoms with Gasteiger partial charge in [0.05, 0.1) is 17.4 Å². The average Bonchev–Trinajstić information content (AvgIpc) is 3.43. The summed E-state index contributed by atoms with van der Waals surface area (Å²) in [5, 5.41) is 0.728. The number of hydrogen-bond donors (Lipinski definition) is 1. The number of carbonyl (C=O) groups excluding carboxylic acids is 1. The molecule has 0 radical (unpaired) electrons. The van der Waals surface area contributed by atoms with Crippen molar-refractivity contribution in [2.75, 3.05) is 6.54 Å². The lowest BCUT2D eigenvalue weighted by Crippen LogP contribution is -2.36. The molecule has 1 aromatic heterocycles. The molecular formula is C27H28ClN3O3. The minimum absolute atomic E-state index is 0.0885. The smallest absolute Gasteiger partial charge is 0.410 e. The summed E-state index contributed by atoms with van der Waals surface area (Å²) in [5.74, 6) is 1.73. The van der Waals surface area contributed by atoms with E-state index in [9.17, 15) is 4.79 Å². The first-order valence-corrected chi connectivity index (χ1v) is 12.3. The Bertz CT molecular complexity index is 1310. The highest BCUT2D eigenvalue weighted by Gasteiger charge is 2.36. The maximum absolute atomic E-state index is 12.8. The van der Waals surface area contributed by atoms with Crippen molar-refractivity contribution < 1.29 is 14.3 Å². The molecule has 2 aliphatic heterocycles. The van der Waals surface area contributed by atoms with Gasteiger partial charge in [0.15, 0.2) is 0 Å². The zero-order chi connectivity index (χ0) is 23.6. The molecule has 7 heteroatoms. The lowest BCUT2D eigenvalue weighted by Gasteiger charge is -2.27. The fourth-order valence-electron chi connectivity index (χ4n) is 5.33. The largest absolute Gasteiger partial charge is 0.488 e. The molecule has 0 bridgehead atoms. The highest BCUT2D eigenvalue weighted by Crippen LogP contribution is 2.45. The van der Waals surface area contributed by atoms with Crippen molar-refractivity contribution in [1.29, 1.82) is 0 Å². The summed E-state index contributed by atoms with van der Waals surface area (Å²) in [7, 11) is 0. The first kappa shape index (κ1) is 21.5. The van der Waals surface area contributed by atoms with Crippen LogP contribution in [0.3, 0.4) is 0 Å². The number of H-pyrrole nitrogens is 1. The quantitative estimate of drug-likeness (QED) is 0.436. The van der Waals surface area contributed by atoms with Crippen molar-refractivity contribution in [3.05, 3.63) is 58.0 Å². The van der Waals surface area contributed by atoms with Gasteiger partial charge in [-0.05, 0) is 87.4 Å². The predicted octanol–water partition coefficient (Wildman–Crippen LogP) is 6.46. The van der Waals surface area contributed by atoms with Crippen LogP contribution < -0.4 is 4.74 Å². The Balaban J connectivity index is 1.35. The molecule has 2 aromatic carbocycles. The van der Waals surface area contributed by atoms with Gasteiger partial charge in [-0.25, -0.2) is 9.78 Å². The summed E-state index contributed by atoms with van der Waals surface area (Å²) < 4.78 is 11.8. The number of hydrogen-bond acceptors (Lipinski definition) is 4. The van der Waals surface area contributed by atoms with Crippen LogP contribution in [0.4, 0.5) is 4.79 Å². The molecule has 3 heterocycles. The maximum Gasteiger partial charge on any atom is 0.410 e. The molecule has 1 fully saturated rings. The molecule has 34 heavy (non-hydrogen) atoms. The summed E-state index contributed by atoms with van der Waals surface area (Å²) in [5.41, 5.74) is 7.41. The van der Waals surface area contributed by atoms with E-state index >= 15 is 0 Å². The average molecular weight is 478 g/mol. The van der Waals surface area contributed by atoms with E-state index in [-0.39, 0.29) is 12.1 Å². The Morgan fingerprint density at radius 1 is 1.15 bits per heavy atom. The van der Waals surface area contributed by atoms with Crippen molar-refractivity contribution in [3.63, 3.8) is 0 Å². The first-order valence-electron chi connectivity index (χ1n) is 11.9. The number of likely N-dealkylation sites (tertiary alicyclic amines) is 1. The number of nitrogens with zero attached hydrogens (tertiary/aromatic N) is 2. The fraction of sp³-hybridized carbons (Fsp3) is 0.407. The van der Waals surface area contributed by atoms with Crippen molar-refractivity contribution in [2.24, 2.45) is 0 Å². The molecular weight excluding hydrogens is 450 g/mol. The van der Waals surface area contributed by atoms with E-state index in [0.717, 1.165) is 70.4 Å². The van der Waals surface area contributed by atoms with Crippen molar-refractivity contribution >= 4 is 17.7 Å². The topological polar surface area (TPSA) is 67.5 Å². The lowest BCUT2D eigenvalue weighted by molar-refractivity contribution is 0.0218. The molecule has 176 valence electrons. The highest BCUT2D eigenvalue weighted by atomic mass is 35.5. The van der Waals surface area contributed by atoms with Crippen LogP contribution in [-0.4, -0.2) is 33.1 Å². The standard InChI is InChI=1S/C27H28ClN3O3/c1-27(2,3)34-26(32)31-10-4-5-22(31)25-29-21-9-6-15-12-20-18-8-7-17(28)11-16(18)14-33-23(20)13-19(15)24(21)30-25/h7-8,11-13,22H,4-6,9-10,14H2,1-3H3,(H,29,30). The lowest BCUT2D eigenvalue weighted by atomic mass is 9.87. The Hall–Kier alpha value is -2.99. The SMILES string of the molecule is CC(C)(C)OC(=O)N1CCCC1c1nc2c([nH]1)-c1cc3c(cc1CC2)-c1ccc(Cl)cc1CO3. The molecule has 3 aromatic rings. The van der Waals surface area contributed by atoms with Gasteiger partial charge < -0.3 is 14.5 Å². The number of imidazole rings is 1. The molecule has 1 aliphatic carbocycles. The fourth-order valence-corrected chi connectivity index (χ4v) is 5.52. The second-order valence-corrected chi connectivity index (χ2v) is 10.8. The summed E-state index contributed by atoms with van der Waals surface area (Å²) in [4.78, 5) is 23.2. The van der Waals surface area contributed by atoms with Crippen LogP contribution in [0.25, 0.3) is 22.4 Å². The number of aromatic nitrogens is 2. The summed E-state index contributed by atoms with van der Waals surface area (Å²) in [6.07, 6.45) is 3.34. The number of carbonyl (C=O) groups is 1. The highest BCUT2D eigenvalue weighted by molar-refractivity contribution is 6.30. The minimum atomic E-state index is -0.519. The van der Waals surface area contributed by atoms with Gasteiger partial charge >= 0.3 is 6.09 Å². The van der Waals surface area contributed by atoms with E-state index in [4.69, 9.17) is 26.1 Å². The van der Waals surface area contributed by atoms with E-state index < -0.39 is 5.60 Å². The molecule has 0 spiro atoms. The summed E-state index contributed by atoms with van der Waals surface area (Å²) in [6, 6.07) is 10.3. The van der Waals surface area contributed by atoms with Gasteiger partial charge in [0.2, 0.25) is 0 Å². The van der Waals surface area contributed by atoms with Crippen LogP contribution in [0.15, 0.2) is 30.3 Å². The summed E-state index contributed by atoms with van der Waals surface area (Å²) >= 11 is 6.19. The number of aromatic amines is 1. The Morgan fingerprint density at radius 3 is 2.82 bits per heavy atom. The number of amides is 1. The minimum Gasteiger partial charge on any atom is -0.488 e. The van der Waals surface area contributed by atoms with Crippen LogP contribution in [-0.2, 0) is 24.2 Å². The van der Waals surface area contributed by atoms with Gasteiger partial charge in [0.25, 0.3) is 0 Å². The molecule has 1 amide bonds. The summed E-state index contributed by atoms with van der Waals surface area (Å²) in [6.45, 7) is 6.89. The Morgan fingerprint density at radius 2 is 2.00 bits per heavy atom. The van der Waals surface area contributed by atoms with Crippen LogP contribution >= 0.6 is 11.6 Å². The predicted molar refractivity (Wildman–Crippen MR) is 131 cm³/mol. The zero-order valence-electron chi connectivity index (χ0n) is 19.7. The Labute approximate surface area is 204 Å². The number of aryl methyl sites for hydroxylation is 2. The molecule has 1 atom stereocenters. The Kier molecular flexibility index (Phi) is 4.92. The molecule has 1 saturated heterocycles. The number of ether oxygens (including phenoxy) is 2. The maximum atomic E-state index is 12.8. The van der Waals surface area contributed by atoms with Crippen molar-refractivity contribution in [3.8, 4) is 28.1 Å². The van der Waals surface area contributed by atoms with E-state index in [1.807, 2.05) is 37.8 Å². The van der Waals surface area contributed by atoms with E-state index in [1.54, 1.807) is 0 Å². The molecule has 6 nitrogen and oxygen atoms in total. The van der Waals surface area contributed by atoms with Crippen molar-refractivity contribution in [2.45, 2.75) is 64.7 Å². The van der Waals surface area contributed by atoms with Gasteiger partial charge in [0.1, 0.15) is 23.8 Å². The molecule has 6 rings (SSSR count). The first-order chi connectivity index (χ1) is 16.3. The van der Waals surface area contributed by atoms with Crippen LogP contribution in [0.5, 0.6) is 5.75 Å². The van der Waals surface area contributed by atoms with E-state index in [0.29, 0.717) is 13.2 Å². The molecule has 0 saturated carbocycles. The van der Waals surface area contributed by atoms with Gasteiger partial charge in [-0.15, -0.1) is 0 Å². The van der Waals surface area contributed by atoms with Gasteiger partial charge in [-0.3, -0.25) is 4.90 Å². The van der Waals surface area contributed by atoms with Gasteiger partial charge in [0, 0.05) is 22.7 Å². The molecule has 1 unspecified atom stereocenters. The van der Waals surface area contributed by atoms with Gasteiger partial charge in [-0.2, -0.15) is 0 Å². The third-order valence-electron chi connectivity index (χ3n) is 6.84. The van der Waals surface area contributed by atoms with Gasteiger partial charge in [-0.1, -0.05) is 17.7 Å². The number of benzene rings is 2. The van der Waals surface area contributed by atoms with Crippen LogP contribution in [0, 0.1) is 0 Å². The third kappa shape index (κ3) is 3.65. The van der Waals surface area contributed by atoms with Crippen molar-refractivity contribution in [1.82, 2.24) is 14.9 Å². The normalized spacial score (nSPS) is 18.5. The zero-order valence-corrected chi connectivity index (χ0v) is 20.5. The molecule has 1 N–H and O–H groups in total. The van der Waals surface area contributed by atoms with E-state index in [2.05, 4.69) is 23.2 Å². The number of nitrogens with one attached hydrogen (secondary N) is 1.